The summed E-state index contributed by atoms with van der Waals surface area (Å²) in [5, 5.41) is 9.44. The molecule has 0 bridgehead atoms. The number of rotatable bonds is 2. The number of fused-ring (bicyclic) bond motifs is 1. The van der Waals surface area contributed by atoms with Crippen LogP contribution in [0.15, 0.2) is 24.3 Å². The number of nitrogens with zero attached hydrogens (tertiary/aromatic N) is 1. The largest absolute Gasteiger partial charge is 0.326 e. The molecule has 5 heteroatoms. The molecule has 0 radical (unpaired) electrons. The van der Waals surface area contributed by atoms with Gasteiger partial charge in [0, 0.05) is 11.3 Å². The van der Waals surface area contributed by atoms with Gasteiger partial charge in [0.15, 0.2) is 6.29 Å². The molecule has 3 rings (SSSR count). The molecular weight excluding hydrogens is 218 g/mol. The summed E-state index contributed by atoms with van der Waals surface area (Å²) in [6.07, 6.45) is 1.11. The van der Waals surface area contributed by atoms with Crippen molar-refractivity contribution >= 4 is 17.9 Å². The van der Waals surface area contributed by atoms with E-state index in [0.717, 1.165) is 23.1 Å². The monoisotopic (exact) mass is 227 g/mol. The van der Waals surface area contributed by atoms with Gasteiger partial charge in [0.1, 0.15) is 0 Å². The summed E-state index contributed by atoms with van der Waals surface area (Å²) < 4.78 is 0. The van der Waals surface area contributed by atoms with Crippen molar-refractivity contribution in [1.82, 2.24) is 10.2 Å². The Labute approximate surface area is 96.8 Å². The van der Waals surface area contributed by atoms with Gasteiger partial charge in [-0.25, -0.2) is 0 Å². The Hall–Kier alpha value is -2.43. The van der Waals surface area contributed by atoms with Crippen LogP contribution in [-0.4, -0.2) is 22.4 Å². The Bertz CT molecular complexity index is 616. The lowest BCUT2D eigenvalue weighted by molar-refractivity contribution is -0.115. The number of anilines is 1. The van der Waals surface area contributed by atoms with Crippen molar-refractivity contribution < 1.29 is 9.59 Å². The van der Waals surface area contributed by atoms with Gasteiger partial charge in [-0.15, -0.1) is 0 Å². The van der Waals surface area contributed by atoms with E-state index in [1.165, 1.54) is 0 Å². The van der Waals surface area contributed by atoms with E-state index in [2.05, 4.69) is 15.5 Å². The fourth-order valence-corrected chi connectivity index (χ4v) is 1.93. The molecule has 2 heterocycles. The van der Waals surface area contributed by atoms with Crippen LogP contribution in [-0.2, 0) is 11.2 Å². The number of benzene rings is 1. The summed E-state index contributed by atoms with van der Waals surface area (Å²) in [7, 11) is 0. The minimum absolute atomic E-state index is 0.00718. The molecule has 1 aromatic heterocycles. The zero-order chi connectivity index (χ0) is 11.8. The van der Waals surface area contributed by atoms with Gasteiger partial charge in [0.25, 0.3) is 0 Å². The predicted octanol–water partition coefficient (Wildman–Crippen LogP) is 1.38. The topological polar surface area (TPSA) is 74.8 Å². The van der Waals surface area contributed by atoms with Crippen LogP contribution in [0.5, 0.6) is 0 Å². The highest BCUT2D eigenvalue weighted by atomic mass is 16.1. The van der Waals surface area contributed by atoms with Crippen LogP contribution in [0, 0.1) is 0 Å². The van der Waals surface area contributed by atoms with Crippen LogP contribution in [0.25, 0.3) is 11.3 Å². The van der Waals surface area contributed by atoms with Gasteiger partial charge < -0.3 is 5.32 Å². The lowest BCUT2D eigenvalue weighted by Gasteiger charge is -2.00. The zero-order valence-corrected chi connectivity index (χ0v) is 8.86. The molecule has 0 aliphatic carbocycles. The van der Waals surface area contributed by atoms with Crippen LogP contribution in [0.2, 0.25) is 0 Å². The molecule has 0 spiro atoms. The van der Waals surface area contributed by atoms with E-state index in [-0.39, 0.29) is 5.91 Å². The SMILES string of the molecule is O=Cc1cc(-c2ccc3c(c2)CC(=O)N3)n[nH]1. The van der Waals surface area contributed by atoms with Gasteiger partial charge >= 0.3 is 0 Å². The van der Waals surface area contributed by atoms with Crippen LogP contribution < -0.4 is 5.32 Å². The molecule has 1 aromatic carbocycles. The first-order valence-electron chi connectivity index (χ1n) is 5.20. The van der Waals surface area contributed by atoms with Gasteiger partial charge in [0.2, 0.25) is 5.91 Å². The van der Waals surface area contributed by atoms with Crippen LogP contribution in [0.4, 0.5) is 5.69 Å². The van der Waals surface area contributed by atoms with E-state index in [0.29, 0.717) is 17.8 Å². The molecule has 84 valence electrons. The molecule has 0 saturated heterocycles. The van der Waals surface area contributed by atoms with Crippen molar-refractivity contribution in [3.63, 3.8) is 0 Å². The fourth-order valence-electron chi connectivity index (χ4n) is 1.93. The first-order chi connectivity index (χ1) is 8.26. The molecular formula is C12H9N3O2. The molecule has 0 fully saturated rings. The third-order valence-electron chi connectivity index (χ3n) is 2.75. The highest BCUT2D eigenvalue weighted by Crippen LogP contribution is 2.28. The lowest BCUT2D eigenvalue weighted by atomic mass is 10.1. The number of aldehydes is 1. The second-order valence-electron chi connectivity index (χ2n) is 3.92. The number of hydrogen-bond acceptors (Lipinski definition) is 3. The highest BCUT2D eigenvalue weighted by Gasteiger charge is 2.18. The minimum Gasteiger partial charge on any atom is -0.326 e. The Morgan fingerprint density at radius 3 is 2.94 bits per heavy atom. The fraction of sp³-hybridized carbons (Fsp3) is 0.0833. The Morgan fingerprint density at radius 2 is 2.18 bits per heavy atom. The molecule has 1 amide bonds. The van der Waals surface area contributed by atoms with Crippen molar-refractivity contribution in [3.05, 3.63) is 35.5 Å². The average Bonchev–Trinajstić information content (AvgIpc) is 2.92. The molecule has 5 nitrogen and oxygen atoms in total. The number of H-pyrrole nitrogens is 1. The van der Waals surface area contributed by atoms with E-state index in [4.69, 9.17) is 0 Å². The van der Waals surface area contributed by atoms with Crippen LogP contribution in [0.1, 0.15) is 16.1 Å². The zero-order valence-electron chi connectivity index (χ0n) is 8.86. The van der Waals surface area contributed by atoms with Crippen LogP contribution in [0.3, 0.4) is 0 Å². The minimum atomic E-state index is 0.00718. The summed E-state index contributed by atoms with van der Waals surface area (Å²) in [6.45, 7) is 0. The van der Waals surface area contributed by atoms with Gasteiger partial charge in [-0.2, -0.15) is 5.10 Å². The van der Waals surface area contributed by atoms with Crippen molar-refractivity contribution in [2.45, 2.75) is 6.42 Å². The first kappa shape index (κ1) is 9.77. The molecule has 0 atom stereocenters. The van der Waals surface area contributed by atoms with Crippen LogP contribution >= 0.6 is 0 Å². The number of carbonyl (C=O) groups excluding carboxylic acids is 2. The number of aromatic nitrogens is 2. The summed E-state index contributed by atoms with van der Waals surface area (Å²) in [4.78, 5) is 21.8. The standard InChI is InChI=1S/C12H9N3O2/c16-6-9-5-11(15-14-9)7-1-2-10-8(3-7)4-12(17)13-10/h1-3,5-6H,4H2,(H,13,17)(H,14,15). The van der Waals surface area contributed by atoms with Crippen molar-refractivity contribution in [3.8, 4) is 11.3 Å². The Morgan fingerprint density at radius 1 is 1.29 bits per heavy atom. The third-order valence-corrected chi connectivity index (χ3v) is 2.75. The number of amides is 1. The normalized spacial score (nSPS) is 13.3. The second kappa shape index (κ2) is 3.55. The van der Waals surface area contributed by atoms with Gasteiger partial charge in [0.05, 0.1) is 17.8 Å². The summed E-state index contributed by atoms with van der Waals surface area (Å²) in [5.41, 5.74) is 3.85. The van der Waals surface area contributed by atoms with E-state index < -0.39 is 0 Å². The quantitative estimate of drug-likeness (QED) is 0.761. The van der Waals surface area contributed by atoms with Crippen molar-refractivity contribution in [1.29, 1.82) is 0 Å². The number of aromatic amines is 1. The third kappa shape index (κ3) is 1.61. The van der Waals surface area contributed by atoms with E-state index >= 15 is 0 Å². The maximum absolute atomic E-state index is 11.2. The molecule has 2 N–H and O–H groups in total. The molecule has 0 unspecified atom stereocenters. The Kier molecular flexibility index (Phi) is 2.04. The molecule has 0 saturated carbocycles. The molecule has 1 aliphatic heterocycles. The smallest absolute Gasteiger partial charge is 0.228 e. The van der Waals surface area contributed by atoms with E-state index in [1.54, 1.807) is 6.07 Å². The number of nitrogens with one attached hydrogen (secondary N) is 2. The number of hydrogen-bond donors (Lipinski definition) is 2. The molecule has 17 heavy (non-hydrogen) atoms. The second-order valence-corrected chi connectivity index (χ2v) is 3.92. The van der Waals surface area contributed by atoms with Crippen molar-refractivity contribution in [2.24, 2.45) is 0 Å². The van der Waals surface area contributed by atoms with Gasteiger partial charge in [-0.1, -0.05) is 6.07 Å². The number of carbonyl (C=O) groups is 2. The maximum atomic E-state index is 11.2. The van der Waals surface area contributed by atoms with Gasteiger partial charge in [-0.05, 0) is 23.8 Å². The summed E-state index contributed by atoms with van der Waals surface area (Å²) in [6, 6.07) is 7.32. The molecule has 2 aromatic rings. The predicted molar refractivity (Wildman–Crippen MR) is 61.7 cm³/mol. The Balaban J connectivity index is 2.02. The lowest BCUT2D eigenvalue weighted by Crippen LogP contribution is -2.03. The van der Waals surface area contributed by atoms with E-state index in [1.807, 2.05) is 18.2 Å². The average molecular weight is 227 g/mol. The van der Waals surface area contributed by atoms with Crippen molar-refractivity contribution in [2.75, 3.05) is 5.32 Å². The highest BCUT2D eigenvalue weighted by molar-refractivity contribution is 5.99. The first-order valence-corrected chi connectivity index (χ1v) is 5.20. The summed E-state index contributed by atoms with van der Waals surface area (Å²) in [5.74, 6) is 0.00718. The van der Waals surface area contributed by atoms with Gasteiger partial charge in [-0.3, -0.25) is 14.7 Å². The summed E-state index contributed by atoms with van der Waals surface area (Å²) >= 11 is 0. The molecule has 1 aliphatic rings. The van der Waals surface area contributed by atoms with E-state index in [9.17, 15) is 9.59 Å². The maximum Gasteiger partial charge on any atom is 0.228 e.